The zero-order chi connectivity index (χ0) is 20.6. The zero-order valence-corrected chi connectivity index (χ0v) is 16.6. The number of hydrogen-bond donors (Lipinski definition) is 0. The molecule has 3 heterocycles. The van der Waals surface area contributed by atoms with Crippen molar-refractivity contribution in [2.45, 2.75) is 29.8 Å². The normalized spacial score (nSPS) is 18.8. The molecule has 0 spiro atoms. The van der Waals surface area contributed by atoms with Gasteiger partial charge in [0.05, 0.1) is 21.3 Å². The third-order valence-corrected chi connectivity index (χ3v) is 7.46. The van der Waals surface area contributed by atoms with Gasteiger partial charge >= 0.3 is 6.18 Å². The first-order valence-corrected chi connectivity index (χ1v) is 11.1. The Morgan fingerprint density at radius 3 is 2.55 bits per heavy atom. The van der Waals surface area contributed by atoms with Gasteiger partial charge in [-0.05, 0) is 48.6 Å². The fraction of sp³-hybridized carbons (Fsp3) is 0.333. The lowest BCUT2D eigenvalue weighted by atomic mass is 10.00. The molecule has 2 aromatic heterocycles. The van der Waals surface area contributed by atoms with E-state index >= 15 is 0 Å². The molecule has 1 aliphatic heterocycles. The third kappa shape index (κ3) is 4.07. The number of nitrogens with zero attached hydrogens (tertiary/aromatic N) is 3. The minimum atomic E-state index is -4.52. The van der Waals surface area contributed by atoms with E-state index in [0.29, 0.717) is 24.6 Å². The van der Waals surface area contributed by atoms with E-state index in [-0.39, 0.29) is 23.9 Å². The van der Waals surface area contributed by atoms with Crippen LogP contribution in [0.1, 0.15) is 30.2 Å². The number of rotatable bonds is 4. The standard InChI is InChI=1S/C18H16F3N3O3S2/c19-18(20,21)13-5-7-14(8-6-13)29(25,26)24-9-1-3-12(11-24)16-22-23-17(27-16)15-4-2-10-28-15/h2,4-8,10,12H,1,3,9,11H2. The molecular formula is C18H16F3N3O3S2. The van der Waals surface area contributed by atoms with E-state index in [1.54, 1.807) is 0 Å². The highest BCUT2D eigenvalue weighted by Gasteiger charge is 2.35. The third-order valence-electron chi connectivity index (χ3n) is 4.73. The van der Waals surface area contributed by atoms with Gasteiger partial charge in [0, 0.05) is 13.1 Å². The molecule has 4 rings (SSSR count). The fourth-order valence-corrected chi connectivity index (χ4v) is 5.39. The highest BCUT2D eigenvalue weighted by molar-refractivity contribution is 7.89. The number of aromatic nitrogens is 2. The van der Waals surface area contributed by atoms with Crippen molar-refractivity contribution in [2.75, 3.05) is 13.1 Å². The van der Waals surface area contributed by atoms with Gasteiger partial charge in [-0.15, -0.1) is 21.5 Å². The number of alkyl halides is 3. The second-order valence-electron chi connectivity index (χ2n) is 6.65. The summed E-state index contributed by atoms with van der Waals surface area (Å²) >= 11 is 1.46. The molecule has 11 heteroatoms. The molecule has 0 N–H and O–H groups in total. The topological polar surface area (TPSA) is 76.3 Å². The first-order valence-electron chi connectivity index (χ1n) is 8.80. The lowest BCUT2D eigenvalue weighted by molar-refractivity contribution is -0.137. The quantitative estimate of drug-likeness (QED) is 0.598. The Bertz CT molecular complexity index is 1080. The van der Waals surface area contributed by atoms with Gasteiger partial charge in [0.25, 0.3) is 5.89 Å². The molecular weight excluding hydrogens is 427 g/mol. The Morgan fingerprint density at radius 1 is 1.14 bits per heavy atom. The highest BCUT2D eigenvalue weighted by atomic mass is 32.2. The molecule has 0 aliphatic carbocycles. The summed E-state index contributed by atoms with van der Waals surface area (Å²) in [5.74, 6) is 0.479. The van der Waals surface area contributed by atoms with Crippen LogP contribution in [0.4, 0.5) is 13.2 Å². The van der Waals surface area contributed by atoms with Crippen LogP contribution < -0.4 is 0 Å². The van der Waals surface area contributed by atoms with Crippen molar-refractivity contribution in [2.24, 2.45) is 0 Å². The number of benzene rings is 1. The number of hydrogen-bond acceptors (Lipinski definition) is 6. The molecule has 6 nitrogen and oxygen atoms in total. The Labute approximate surface area is 169 Å². The number of sulfonamides is 1. The molecule has 0 radical (unpaired) electrons. The van der Waals surface area contributed by atoms with Gasteiger partial charge in [0.1, 0.15) is 0 Å². The summed E-state index contributed by atoms with van der Waals surface area (Å²) in [7, 11) is -3.92. The van der Waals surface area contributed by atoms with Crippen molar-refractivity contribution in [3.8, 4) is 10.8 Å². The van der Waals surface area contributed by atoms with E-state index in [2.05, 4.69) is 10.2 Å². The van der Waals surface area contributed by atoms with E-state index in [1.165, 1.54) is 15.6 Å². The van der Waals surface area contributed by atoms with Gasteiger partial charge < -0.3 is 4.42 Å². The molecule has 1 fully saturated rings. The van der Waals surface area contributed by atoms with Gasteiger partial charge in [-0.1, -0.05) is 6.07 Å². The summed E-state index contributed by atoms with van der Waals surface area (Å²) in [5.41, 5.74) is -0.889. The molecule has 1 aromatic carbocycles. The first kappa shape index (κ1) is 20.0. The summed E-state index contributed by atoms with van der Waals surface area (Å²) in [6, 6.07) is 7.25. The SMILES string of the molecule is O=S(=O)(c1ccc(C(F)(F)F)cc1)N1CCCC(c2nnc(-c3cccs3)o2)C1. The second kappa shape index (κ2) is 7.54. The highest BCUT2D eigenvalue weighted by Crippen LogP contribution is 2.33. The van der Waals surface area contributed by atoms with Gasteiger partial charge in [-0.25, -0.2) is 8.42 Å². The number of piperidine rings is 1. The first-order chi connectivity index (χ1) is 13.7. The minimum absolute atomic E-state index is 0.134. The number of halogens is 3. The summed E-state index contributed by atoms with van der Waals surface area (Å²) in [4.78, 5) is 0.657. The average Bonchev–Trinajstić information content (AvgIpc) is 3.39. The van der Waals surface area contributed by atoms with Gasteiger partial charge in [-0.2, -0.15) is 17.5 Å². The van der Waals surface area contributed by atoms with E-state index in [1.807, 2.05) is 17.5 Å². The van der Waals surface area contributed by atoms with Crippen LogP contribution in [0.15, 0.2) is 51.1 Å². The van der Waals surface area contributed by atoms with Crippen LogP contribution in [0.3, 0.4) is 0 Å². The van der Waals surface area contributed by atoms with Crippen LogP contribution in [0.25, 0.3) is 10.8 Å². The molecule has 154 valence electrons. The maximum atomic E-state index is 12.9. The van der Waals surface area contributed by atoms with Crippen LogP contribution in [0, 0.1) is 0 Å². The molecule has 29 heavy (non-hydrogen) atoms. The summed E-state index contributed by atoms with van der Waals surface area (Å²) in [6.07, 6.45) is -3.25. The maximum absolute atomic E-state index is 12.9. The van der Waals surface area contributed by atoms with E-state index in [4.69, 9.17) is 4.42 Å². The smallest absolute Gasteiger partial charge is 0.416 e. The molecule has 1 saturated heterocycles. The maximum Gasteiger partial charge on any atom is 0.416 e. The predicted octanol–water partition coefficient (Wildman–Crippen LogP) is 4.39. The predicted molar refractivity (Wildman–Crippen MR) is 99.8 cm³/mol. The van der Waals surface area contributed by atoms with Gasteiger partial charge in [-0.3, -0.25) is 0 Å². The van der Waals surface area contributed by atoms with Crippen LogP contribution in [-0.4, -0.2) is 36.0 Å². The Hall–Kier alpha value is -2.24. The van der Waals surface area contributed by atoms with Crippen LogP contribution in [0.2, 0.25) is 0 Å². The monoisotopic (exact) mass is 443 g/mol. The molecule has 1 unspecified atom stereocenters. The van der Waals surface area contributed by atoms with Gasteiger partial charge in [0.2, 0.25) is 15.9 Å². The fourth-order valence-electron chi connectivity index (χ4n) is 3.23. The zero-order valence-electron chi connectivity index (χ0n) is 15.0. The lowest BCUT2D eigenvalue weighted by Gasteiger charge is -2.30. The van der Waals surface area contributed by atoms with Crippen LogP contribution in [0.5, 0.6) is 0 Å². The Kier molecular flexibility index (Phi) is 5.21. The van der Waals surface area contributed by atoms with Crippen molar-refractivity contribution >= 4 is 21.4 Å². The van der Waals surface area contributed by atoms with E-state index < -0.39 is 21.8 Å². The average molecular weight is 443 g/mol. The molecule has 0 bridgehead atoms. The van der Waals surface area contributed by atoms with E-state index in [0.717, 1.165) is 29.1 Å². The van der Waals surface area contributed by atoms with Crippen molar-refractivity contribution in [1.82, 2.24) is 14.5 Å². The Morgan fingerprint density at radius 2 is 1.90 bits per heavy atom. The second-order valence-corrected chi connectivity index (χ2v) is 9.53. The summed E-state index contributed by atoms with van der Waals surface area (Å²) in [5, 5.41) is 9.99. The van der Waals surface area contributed by atoms with Crippen LogP contribution >= 0.6 is 11.3 Å². The number of thiophene rings is 1. The molecule has 0 saturated carbocycles. The van der Waals surface area contributed by atoms with Gasteiger partial charge in [0.15, 0.2) is 0 Å². The molecule has 1 atom stereocenters. The van der Waals surface area contributed by atoms with Crippen LogP contribution in [-0.2, 0) is 16.2 Å². The van der Waals surface area contributed by atoms with E-state index in [9.17, 15) is 21.6 Å². The van der Waals surface area contributed by atoms with Crippen molar-refractivity contribution in [1.29, 1.82) is 0 Å². The van der Waals surface area contributed by atoms with Crippen molar-refractivity contribution in [3.63, 3.8) is 0 Å². The minimum Gasteiger partial charge on any atom is -0.420 e. The molecule has 0 amide bonds. The van der Waals surface area contributed by atoms with Crippen molar-refractivity contribution in [3.05, 3.63) is 53.2 Å². The Balaban J connectivity index is 1.53. The summed E-state index contributed by atoms with van der Waals surface area (Å²) in [6.45, 7) is 0.418. The largest absolute Gasteiger partial charge is 0.420 e. The lowest BCUT2D eigenvalue weighted by Crippen LogP contribution is -2.39. The molecule has 3 aromatic rings. The van der Waals surface area contributed by atoms with Crippen molar-refractivity contribution < 1.29 is 26.0 Å². The molecule has 1 aliphatic rings. The summed E-state index contributed by atoms with van der Waals surface area (Å²) < 4.78 is 71.0.